The normalized spacial score (nSPS) is 10.6. The van der Waals surface area contributed by atoms with Crippen LogP contribution in [0.4, 0.5) is 0 Å². The summed E-state index contributed by atoms with van der Waals surface area (Å²) in [7, 11) is 0. The lowest BCUT2D eigenvalue weighted by atomic mass is 10.1. The Balaban J connectivity index is 2.93. The van der Waals surface area contributed by atoms with Crippen molar-refractivity contribution in [3.05, 3.63) is 17.0 Å². The maximum absolute atomic E-state index is 11.7. The molecule has 0 radical (unpaired) electrons. The van der Waals surface area contributed by atoms with E-state index >= 15 is 0 Å². The standard InChI is InChI=1S/C10H16N2O2/c1-5-8-9(7(4)14-12-8)10(13)11-6(2)3/h6H,5H2,1-4H3,(H,11,13). The van der Waals surface area contributed by atoms with Crippen molar-refractivity contribution in [2.75, 3.05) is 0 Å². The number of carbonyl (C=O) groups excluding carboxylic acids is 1. The fourth-order valence-corrected chi connectivity index (χ4v) is 1.28. The molecule has 1 heterocycles. The molecule has 78 valence electrons. The number of nitrogens with zero attached hydrogens (tertiary/aromatic N) is 1. The van der Waals surface area contributed by atoms with Crippen molar-refractivity contribution in [1.82, 2.24) is 10.5 Å². The molecule has 0 bridgehead atoms. The van der Waals surface area contributed by atoms with Gasteiger partial charge in [0.05, 0.1) is 5.69 Å². The smallest absolute Gasteiger partial charge is 0.257 e. The number of hydrogen-bond donors (Lipinski definition) is 1. The van der Waals surface area contributed by atoms with E-state index in [1.807, 2.05) is 20.8 Å². The van der Waals surface area contributed by atoms with Gasteiger partial charge in [0.15, 0.2) is 0 Å². The highest BCUT2D eigenvalue weighted by Crippen LogP contribution is 2.13. The molecule has 1 N–H and O–H groups in total. The Hall–Kier alpha value is -1.32. The Morgan fingerprint density at radius 2 is 2.21 bits per heavy atom. The van der Waals surface area contributed by atoms with E-state index in [0.29, 0.717) is 17.7 Å². The van der Waals surface area contributed by atoms with Gasteiger partial charge in [0.2, 0.25) is 0 Å². The molecule has 0 saturated heterocycles. The summed E-state index contributed by atoms with van der Waals surface area (Å²) in [6, 6.07) is 0.126. The molecule has 0 unspecified atom stereocenters. The summed E-state index contributed by atoms with van der Waals surface area (Å²) < 4.78 is 4.98. The molecule has 0 saturated carbocycles. The van der Waals surface area contributed by atoms with Crippen LogP contribution in [0.5, 0.6) is 0 Å². The second-order valence-corrected chi connectivity index (χ2v) is 3.54. The van der Waals surface area contributed by atoms with Gasteiger partial charge in [-0.1, -0.05) is 12.1 Å². The second-order valence-electron chi connectivity index (χ2n) is 3.54. The topological polar surface area (TPSA) is 55.1 Å². The van der Waals surface area contributed by atoms with Gasteiger partial charge < -0.3 is 9.84 Å². The van der Waals surface area contributed by atoms with E-state index in [1.54, 1.807) is 6.92 Å². The summed E-state index contributed by atoms with van der Waals surface area (Å²) in [4.78, 5) is 11.7. The van der Waals surface area contributed by atoms with Crippen molar-refractivity contribution in [2.24, 2.45) is 0 Å². The minimum Gasteiger partial charge on any atom is -0.361 e. The predicted molar refractivity (Wildman–Crippen MR) is 53.2 cm³/mol. The fourth-order valence-electron chi connectivity index (χ4n) is 1.28. The summed E-state index contributed by atoms with van der Waals surface area (Å²) in [6.07, 6.45) is 0.707. The van der Waals surface area contributed by atoms with Crippen LogP contribution in [0.3, 0.4) is 0 Å². The van der Waals surface area contributed by atoms with E-state index in [2.05, 4.69) is 10.5 Å². The van der Waals surface area contributed by atoms with Crippen LogP contribution in [-0.4, -0.2) is 17.1 Å². The van der Waals surface area contributed by atoms with Gasteiger partial charge in [-0.3, -0.25) is 4.79 Å². The van der Waals surface area contributed by atoms with Crippen molar-refractivity contribution in [3.63, 3.8) is 0 Å². The number of hydrogen-bond acceptors (Lipinski definition) is 3. The van der Waals surface area contributed by atoms with Crippen molar-refractivity contribution >= 4 is 5.91 Å². The van der Waals surface area contributed by atoms with Gasteiger partial charge in [-0.15, -0.1) is 0 Å². The molecule has 0 aromatic carbocycles. The van der Waals surface area contributed by atoms with Gasteiger partial charge >= 0.3 is 0 Å². The predicted octanol–water partition coefficient (Wildman–Crippen LogP) is 1.68. The maximum Gasteiger partial charge on any atom is 0.257 e. The summed E-state index contributed by atoms with van der Waals surface area (Å²) in [5, 5.41) is 6.65. The largest absolute Gasteiger partial charge is 0.361 e. The van der Waals surface area contributed by atoms with Crippen LogP contribution in [0.25, 0.3) is 0 Å². The van der Waals surface area contributed by atoms with Crippen LogP contribution < -0.4 is 5.32 Å². The lowest BCUT2D eigenvalue weighted by Crippen LogP contribution is -2.30. The molecular formula is C10H16N2O2. The number of aromatic nitrogens is 1. The van der Waals surface area contributed by atoms with Gasteiger partial charge in [0.25, 0.3) is 5.91 Å². The zero-order valence-electron chi connectivity index (χ0n) is 9.05. The van der Waals surface area contributed by atoms with E-state index in [-0.39, 0.29) is 11.9 Å². The molecule has 4 nitrogen and oxygen atoms in total. The molecule has 14 heavy (non-hydrogen) atoms. The zero-order chi connectivity index (χ0) is 10.7. The highest BCUT2D eigenvalue weighted by molar-refractivity contribution is 5.96. The Morgan fingerprint density at radius 3 is 2.71 bits per heavy atom. The molecular weight excluding hydrogens is 180 g/mol. The molecule has 4 heteroatoms. The molecule has 0 atom stereocenters. The summed E-state index contributed by atoms with van der Waals surface area (Å²) in [5.41, 5.74) is 1.31. The molecule has 0 aliphatic carbocycles. The number of nitrogens with one attached hydrogen (secondary N) is 1. The third kappa shape index (κ3) is 2.13. The second kappa shape index (κ2) is 4.26. The van der Waals surface area contributed by atoms with Crippen LogP contribution in [0.15, 0.2) is 4.52 Å². The quantitative estimate of drug-likeness (QED) is 0.800. The summed E-state index contributed by atoms with van der Waals surface area (Å²) in [6.45, 7) is 7.55. The van der Waals surface area contributed by atoms with Gasteiger partial charge in [-0.05, 0) is 27.2 Å². The maximum atomic E-state index is 11.7. The average molecular weight is 196 g/mol. The minimum atomic E-state index is -0.101. The number of carbonyl (C=O) groups is 1. The highest BCUT2D eigenvalue weighted by Gasteiger charge is 2.19. The van der Waals surface area contributed by atoms with Gasteiger partial charge in [-0.25, -0.2) is 0 Å². The third-order valence-corrected chi connectivity index (χ3v) is 1.92. The number of aryl methyl sites for hydroxylation is 2. The SMILES string of the molecule is CCc1noc(C)c1C(=O)NC(C)C. The Bertz CT molecular complexity index is 329. The fraction of sp³-hybridized carbons (Fsp3) is 0.600. The van der Waals surface area contributed by atoms with Gasteiger partial charge in [-0.2, -0.15) is 0 Å². The molecule has 1 aromatic heterocycles. The molecule has 0 aliphatic rings. The first-order chi connectivity index (χ1) is 6.56. The summed E-state index contributed by atoms with van der Waals surface area (Å²) >= 11 is 0. The van der Waals surface area contributed by atoms with Crippen molar-refractivity contribution in [1.29, 1.82) is 0 Å². The first-order valence-corrected chi connectivity index (χ1v) is 4.82. The Morgan fingerprint density at radius 1 is 1.57 bits per heavy atom. The van der Waals surface area contributed by atoms with Crippen molar-refractivity contribution in [3.8, 4) is 0 Å². The summed E-state index contributed by atoms with van der Waals surface area (Å²) in [5.74, 6) is 0.482. The molecule has 0 fully saturated rings. The molecule has 1 aromatic rings. The minimum absolute atomic E-state index is 0.101. The average Bonchev–Trinajstić information content (AvgIpc) is 2.45. The third-order valence-electron chi connectivity index (χ3n) is 1.92. The van der Waals surface area contributed by atoms with Crippen LogP contribution in [0.2, 0.25) is 0 Å². The number of amides is 1. The lowest BCUT2D eigenvalue weighted by molar-refractivity contribution is 0.0941. The molecule has 1 amide bonds. The van der Waals surface area contributed by atoms with Crippen LogP contribution in [0.1, 0.15) is 42.6 Å². The van der Waals surface area contributed by atoms with E-state index in [0.717, 1.165) is 5.69 Å². The molecule has 0 spiro atoms. The van der Waals surface area contributed by atoms with Crippen LogP contribution in [-0.2, 0) is 6.42 Å². The monoisotopic (exact) mass is 196 g/mol. The highest BCUT2D eigenvalue weighted by atomic mass is 16.5. The van der Waals surface area contributed by atoms with Crippen molar-refractivity contribution < 1.29 is 9.32 Å². The first-order valence-electron chi connectivity index (χ1n) is 4.82. The Kier molecular flexibility index (Phi) is 3.28. The first kappa shape index (κ1) is 10.8. The van der Waals surface area contributed by atoms with Gasteiger partial charge in [0.1, 0.15) is 11.3 Å². The van der Waals surface area contributed by atoms with Crippen LogP contribution >= 0.6 is 0 Å². The Labute approximate surface area is 83.7 Å². The van der Waals surface area contributed by atoms with E-state index in [4.69, 9.17) is 4.52 Å². The van der Waals surface area contributed by atoms with E-state index < -0.39 is 0 Å². The van der Waals surface area contributed by atoms with E-state index in [1.165, 1.54) is 0 Å². The van der Waals surface area contributed by atoms with E-state index in [9.17, 15) is 4.79 Å². The number of rotatable bonds is 3. The molecule has 0 aliphatic heterocycles. The van der Waals surface area contributed by atoms with Crippen LogP contribution in [0, 0.1) is 6.92 Å². The zero-order valence-corrected chi connectivity index (χ0v) is 9.05. The lowest BCUT2D eigenvalue weighted by Gasteiger charge is -2.07. The molecule has 1 rings (SSSR count). The van der Waals surface area contributed by atoms with Crippen molar-refractivity contribution in [2.45, 2.75) is 40.2 Å². The van der Waals surface area contributed by atoms with Gasteiger partial charge in [0, 0.05) is 6.04 Å².